The minimum atomic E-state index is -0.346. The van der Waals surface area contributed by atoms with Crippen LogP contribution in [0.4, 0.5) is 23.3 Å². The summed E-state index contributed by atoms with van der Waals surface area (Å²) >= 11 is 0. The molecule has 1 fully saturated rings. The van der Waals surface area contributed by atoms with Gasteiger partial charge in [-0.05, 0) is 62.4 Å². The fourth-order valence-corrected chi connectivity index (χ4v) is 3.64. The minimum Gasteiger partial charge on any atom is -0.457 e. The molecule has 0 unspecified atom stereocenters. The van der Waals surface area contributed by atoms with Crippen LogP contribution in [0.3, 0.4) is 0 Å². The fraction of sp³-hybridized carbons (Fsp3) is 0.200. The molecule has 1 aromatic carbocycles. The summed E-state index contributed by atoms with van der Waals surface area (Å²) in [6.07, 6.45) is 4.04. The number of nitrogens with zero attached hydrogens (tertiary/aromatic N) is 5. The molecule has 176 valence electrons. The summed E-state index contributed by atoms with van der Waals surface area (Å²) in [6, 6.07) is 16.3. The molecule has 10 heteroatoms. The van der Waals surface area contributed by atoms with Crippen LogP contribution in [0.1, 0.15) is 22.5 Å². The zero-order valence-electron chi connectivity index (χ0n) is 19.1. The van der Waals surface area contributed by atoms with E-state index in [1.807, 2.05) is 31.2 Å². The lowest BCUT2D eigenvalue weighted by atomic mass is 10.2. The van der Waals surface area contributed by atoms with Crippen LogP contribution in [0.2, 0.25) is 0 Å². The van der Waals surface area contributed by atoms with Crippen molar-refractivity contribution in [3.8, 4) is 11.5 Å². The predicted molar refractivity (Wildman–Crippen MR) is 132 cm³/mol. The third kappa shape index (κ3) is 5.74. The molecule has 5 rings (SSSR count). The topological polar surface area (TPSA) is 127 Å². The van der Waals surface area contributed by atoms with E-state index in [4.69, 9.17) is 4.74 Å². The van der Waals surface area contributed by atoms with Gasteiger partial charge in [0.05, 0.1) is 5.56 Å². The van der Waals surface area contributed by atoms with Gasteiger partial charge >= 0.3 is 5.97 Å². The number of carbonyl (C=O) groups is 1. The first-order valence-corrected chi connectivity index (χ1v) is 11.3. The van der Waals surface area contributed by atoms with Crippen LogP contribution in [0.15, 0.2) is 67.0 Å². The maximum absolute atomic E-state index is 12.5. The predicted octanol–water partition coefficient (Wildman–Crippen LogP) is 3.64. The molecule has 0 amide bonds. The summed E-state index contributed by atoms with van der Waals surface area (Å²) in [5.41, 5.74) is 2.73. The summed E-state index contributed by atoms with van der Waals surface area (Å²) in [5, 5.41) is 9.50. The van der Waals surface area contributed by atoms with E-state index in [0.717, 1.165) is 18.7 Å². The lowest BCUT2D eigenvalue weighted by Gasteiger charge is -2.12. The van der Waals surface area contributed by atoms with E-state index in [1.165, 1.54) is 0 Å². The molecular weight excluding hydrogens is 444 g/mol. The molecule has 35 heavy (non-hydrogen) atoms. The van der Waals surface area contributed by atoms with Crippen molar-refractivity contribution in [1.82, 2.24) is 30.2 Å². The van der Waals surface area contributed by atoms with Gasteiger partial charge in [0.2, 0.25) is 5.95 Å². The van der Waals surface area contributed by atoms with Crippen LogP contribution < -0.4 is 16.0 Å². The van der Waals surface area contributed by atoms with Gasteiger partial charge in [0.25, 0.3) is 0 Å². The minimum absolute atomic E-state index is 0.0887. The molecule has 0 saturated carbocycles. The molecule has 1 saturated heterocycles. The molecule has 0 bridgehead atoms. The van der Waals surface area contributed by atoms with Crippen LogP contribution in [0, 0.1) is 6.92 Å². The van der Waals surface area contributed by atoms with Crippen LogP contribution in [-0.4, -0.2) is 50.1 Å². The number of benzene rings is 1. The molecule has 1 atom stereocenters. The Hall–Kier alpha value is -4.44. The van der Waals surface area contributed by atoms with E-state index >= 15 is 0 Å². The number of carbonyl (C=O) groups excluding carboxylic acids is 1. The standard InChI is InChI=1S/C25H24N8O2/c1-16-4-2-7-20(29-16)23-27-12-9-21(32-23)31-22-10-13-28-25(33-22)30-18-6-3-5-17(14-18)24(34)35-19-8-11-26-15-19/h2-7,9-10,12-14,19,26H,8,11,15H2,1H3,(H2,27,28,30,31,32,33)/t19-/m1/s1. The van der Waals surface area contributed by atoms with Gasteiger partial charge in [-0.2, -0.15) is 4.98 Å². The third-order valence-electron chi connectivity index (χ3n) is 5.33. The average molecular weight is 469 g/mol. The summed E-state index contributed by atoms with van der Waals surface area (Å²) in [7, 11) is 0. The molecule has 0 aliphatic carbocycles. The van der Waals surface area contributed by atoms with E-state index in [1.54, 1.807) is 42.7 Å². The van der Waals surface area contributed by atoms with Gasteiger partial charge in [-0.15, -0.1) is 0 Å². The van der Waals surface area contributed by atoms with Gasteiger partial charge in [0.1, 0.15) is 23.4 Å². The van der Waals surface area contributed by atoms with Crippen molar-refractivity contribution < 1.29 is 9.53 Å². The number of nitrogens with one attached hydrogen (secondary N) is 3. The molecule has 3 N–H and O–H groups in total. The maximum Gasteiger partial charge on any atom is 0.338 e. The smallest absolute Gasteiger partial charge is 0.338 e. The first-order valence-electron chi connectivity index (χ1n) is 11.3. The Morgan fingerprint density at radius 1 is 0.971 bits per heavy atom. The molecule has 10 nitrogen and oxygen atoms in total. The second-order valence-electron chi connectivity index (χ2n) is 8.05. The van der Waals surface area contributed by atoms with E-state index < -0.39 is 0 Å². The lowest BCUT2D eigenvalue weighted by molar-refractivity contribution is 0.0344. The van der Waals surface area contributed by atoms with Crippen molar-refractivity contribution in [2.75, 3.05) is 23.7 Å². The Morgan fingerprint density at radius 2 is 1.80 bits per heavy atom. The monoisotopic (exact) mass is 468 g/mol. The van der Waals surface area contributed by atoms with Crippen LogP contribution in [-0.2, 0) is 4.74 Å². The Balaban J connectivity index is 1.28. The number of hydrogen-bond acceptors (Lipinski definition) is 10. The van der Waals surface area contributed by atoms with Crippen molar-refractivity contribution in [1.29, 1.82) is 0 Å². The molecule has 4 aromatic rings. The van der Waals surface area contributed by atoms with Gasteiger partial charge in [0.15, 0.2) is 5.82 Å². The highest BCUT2D eigenvalue weighted by molar-refractivity contribution is 5.90. The number of esters is 1. The Labute approximate surface area is 202 Å². The Bertz CT molecular complexity index is 1340. The number of hydrogen-bond donors (Lipinski definition) is 3. The Kier molecular flexibility index (Phi) is 6.53. The second kappa shape index (κ2) is 10.2. The second-order valence-corrected chi connectivity index (χ2v) is 8.05. The summed E-state index contributed by atoms with van der Waals surface area (Å²) in [4.78, 5) is 34.6. The van der Waals surface area contributed by atoms with Crippen molar-refractivity contribution in [2.45, 2.75) is 19.4 Å². The maximum atomic E-state index is 12.5. The SMILES string of the molecule is Cc1cccc(-c2nccc(Nc3ccnc(Nc4cccc(C(=O)O[C@@H]5CCNC5)c4)n3)n2)n1. The quantitative estimate of drug-likeness (QED) is 0.346. The van der Waals surface area contributed by atoms with Gasteiger partial charge in [0, 0.05) is 30.3 Å². The van der Waals surface area contributed by atoms with E-state index in [2.05, 4.69) is 40.9 Å². The van der Waals surface area contributed by atoms with Gasteiger partial charge in [-0.1, -0.05) is 12.1 Å². The zero-order valence-corrected chi connectivity index (χ0v) is 19.1. The Morgan fingerprint density at radius 3 is 2.63 bits per heavy atom. The first kappa shape index (κ1) is 22.4. The average Bonchev–Trinajstić information content (AvgIpc) is 3.38. The van der Waals surface area contributed by atoms with E-state index in [0.29, 0.717) is 46.9 Å². The zero-order chi connectivity index (χ0) is 24.0. The number of pyridine rings is 1. The number of rotatable bonds is 7. The van der Waals surface area contributed by atoms with Crippen LogP contribution in [0.5, 0.6) is 0 Å². The summed E-state index contributed by atoms with van der Waals surface area (Å²) < 4.78 is 5.55. The van der Waals surface area contributed by atoms with Crippen molar-refractivity contribution >= 4 is 29.2 Å². The highest BCUT2D eigenvalue weighted by Gasteiger charge is 2.20. The molecule has 0 spiro atoms. The molecule has 0 radical (unpaired) electrons. The molecular formula is C25H24N8O2. The molecule has 3 aromatic heterocycles. The lowest BCUT2D eigenvalue weighted by Crippen LogP contribution is -2.20. The van der Waals surface area contributed by atoms with Crippen molar-refractivity contribution in [2.24, 2.45) is 0 Å². The third-order valence-corrected chi connectivity index (χ3v) is 5.33. The highest BCUT2D eigenvalue weighted by atomic mass is 16.5. The largest absolute Gasteiger partial charge is 0.457 e. The normalized spacial score (nSPS) is 14.9. The first-order chi connectivity index (χ1) is 17.1. The molecule has 1 aliphatic rings. The number of aromatic nitrogens is 5. The van der Waals surface area contributed by atoms with E-state index in [9.17, 15) is 4.79 Å². The molecule has 1 aliphatic heterocycles. The van der Waals surface area contributed by atoms with Crippen molar-refractivity contribution in [3.05, 3.63) is 78.2 Å². The van der Waals surface area contributed by atoms with Gasteiger partial charge < -0.3 is 20.7 Å². The number of aryl methyl sites for hydroxylation is 1. The summed E-state index contributed by atoms with van der Waals surface area (Å²) in [5.74, 6) is 1.67. The molecule has 4 heterocycles. The van der Waals surface area contributed by atoms with Gasteiger partial charge in [-0.3, -0.25) is 0 Å². The van der Waals surface area contributed by atoms with Crippen molar-refractivity contribution in [3.63, 3.8) is 0 Å². The van der Waals surface area contributed by atoms with Crippen LogP contribution >= 0.6 is 0 Å². The van der Waals surface area contributed by atoms with Crippen LogP contribution in [0.25, 0.3) is 11.5 Å². The number of ether oxygens (including phenoxy) is 1. The number of anilines is 4. The van der Waals surface area contributed by atoms with Gasteiger partial charge in [-0.25, -0.2) is 24.7 Å². The fourth-order valence-electron chi connectivity index (χ4n) is 3.64. The highest BCUT2D eigenvalue weighted by Crippen LogP contribution is 2.20. The summed E-state index contributed by atoms with van der Waals surface area (Å²) in [6.45, 7) is 3.47. The van der Waals surface area contributed by atoms with E-state index in [-0.39, 0.29) is 12.1 Å².